The Morgan fingerprint density at radius 3 is 2.84 bits per heavy atom. The highest BCUT2D eigenvalue weighted by atomic mass is 16.3. The molecule has 0 saturated heterocycles. The van der Waals surface area contributed by atoms with Crippen LogP contribution < -0.4 is 10.6 Å². The van der Waals surface area contributed by atoms with Crippen LogP contribution in [-0.4, -0.2) is 39.7 Å². The van der Waals surface area contributed by atoms with E-state index < -0.39 is 0 Å². The standard InChI is InChI=1S/C19H26N4O2/c1-2-15(12-24)21-18(25)13-8-9-14-11-20-19(23-17(14)10-13)22-16-6-4-3-5-7-16/h8-11,15-16,24H,2-7,12H2,1H3,(H,21,25)(H,20,22,23)/t15-/m0/s1. The number of anilines is 1. The first-order valence-electron chi connectivity index (χ1n) is 9.14. The summed E-state index contributed by atoms with van der Waals surface area (Å²) in [7, 11) is 0. The van der Waals surface area contributed by atoms with Gasteiger partial charge < -0.3 is 15.7 Å². The molecule has 1 saturated carbocycles. The number of benzene rings is 1. The first kappa shape index (κ1) is 17.6. The fourth-order valence-electron chi connectivity index (χ4n) is 3.21. The van der Waals surface area contributed by atoms with E-state index in [-0.39, 0.29) is 18.6 Å². The number of rotatable bonds is 6. The maximum atomic E-state index is 12.3. The molecule has 0 bridgehead atoms. The summed E-state index contributed by atoms with van der Waals surface area (Å²) in [5.41, 5.74) is 1.29. The topological polar surface area (TPSA) is 87.1 Å². The number of aliphatic hydroxyl groups excluding tert-OH is 1. The van der Waals surface area contributed by atoms with Gasteiger partial charge in [0.15, 0.2) is 0 Å². The monoisotopic (exact) mass is 342 g/mol. The van der Waals surface area contributed by atoms with E-state index in [1.165, 1.54) is 19.3 Å². The lowest BCUT2D eigenvalue weighted by Gasteiger charge is -2.22. The normalized spacial score (nSPS) is 16.6. The molecule has 0 unspecified atom stereocenters. The van der Waals surface area contributed by atoms with Crippen molar-refractivity contribution in [3.05, 3.63) is 30.0 Å². The van der Waals surface area contributed by atoms with E-state index in [4.69, 9.17) is 0 Å². The minimum atomic E-state index is -0.225. The molecular formula is C19H26N4O2. The summed E-state index contributed by atoms with van der Waals surface area (Å²) in [5, 5.41) is 16.4. The molecule has 0 aliphatic heterocycles. The van der Waals surface area contributed by atoms with Crippen molar-refractivity contribution >= 4 is 22.8 Å². The van der Waals surface area contributed by atoms with Crippen molar-refractivity contribution in [1.29, 1.82) is 0 Å². The number of fused-ring (bicyclic) bond motifs is 1. The molecule has 25 heavy (non-hydrogen) atoms. The van der Waals surface area contributed by atoms with Crippen LogP contribution in [0.25, 0.3) is 10.9 Å². The number of aromatic nitrogens is 2. The maximum absolute atomic E-state index is 12.3. The molecule has 1 heterocycles. The number of aliphatic hydroxyl groups is 1. The van der Waals surface area contributed by atoms with Gasteiger partial charge in [0.05, 0.1) is 18.2 Å². The van der Waals surface area contributed by atoms with Gasteiger partial charge >= 0.3 is 0 Å². The number of carbonyl (C=O) groups excluding carboxylic acids is 1. The van der Waals surface area contributed by atoms with Gasteiger partial charge in [-0.3, -0.25) is 4.79 Å². The highest BCUT2D eigenvalue weighted by molar-refractivity contribution is 5.97. The minimum Gasteiger partial charge on any atom is -0.394 e. The van der Waals surface area contributed by atoms with E-state index in [2.05, 4.69) is 20.6 Å². The maximum Gasteiger partial charge on any atom is 0.251 e. The van der Waals surface area contributed by atoms with Gasteiger partial charge in [-0.05, 0) is 31.4 Å². The third-order valence-electron chi connectivity index (χ3n) is 4.83. The van der Waals surface area contributed by atoms with Crippen LogP contribution in [0.15, 0.2) is 24.4 Å². The Hall–Kier alpha value is -2.21. The van der Waals surface area contributed by atoms with Crippen LogP contribution in [-0.2, 0) is 0 Å². The molecule has 1 aliphatic rings. The predicted molar refractivity (Wildman–Crippen MR) is 98.7 cm³/mol. The summed E-state index contributed by atoms with van der Waals surface area (Å²) in [4.78, 5) is 21.3. The molecule has 1 amide bonds. The molecule has 1 aromatic carbocycles. The van der Waals surface area contributed by atoms with Gasteiger partial charge in [0, 0.05) is 23.2 Å². The molecule has 1 atom stereocenters. The number of hydrogen-bond acceptors (Lipinski definition) is 5. The van der Waals surface area contributed by atoms with E-state index >= 15 is 0 Å². The number of nitrogens with one attached hydrogen (secondary N) is 2. The summed E-state index contributed by atoms with van der Waals surface area (Å²) in [6.07, 6.45) is 8.60. The fraction of sp³-hybridized carbons (Fsp3) is 0.526. The third kappa shape index (κ3) is 4.45. The van der Waals surface area contributed by atoms with E-state index in [1.807, 2.05) is 13.0 Å². The quantitative estimate of drug-likeness (QED) is 0.751. The summed E-state index contributed by atoms with van der Waals surface area (Å²) >= 11 is 0. The molecule has 2 aromatic rings. The second-order valence-electron chi connectivity index (χ2n) is 6.71. The Labute approximate surface area is 148 Å². The highest BCUT2D eigenvalue weighted by Crippen LogP contribution is 2.21. The molecule has 0 spiro atoms. The zero-order valence-electron chi connectivity index (χ0n) is 14.7. The minimum absolute atomic E-state index is 0.0621. The second-order valence-corrected chi connectivity index (χ2v) is 6.71. The lowest BCUT2D eigenvalue weighted by molar-refractivity contribution is 0.0915. The SMILES string of the molecule is CC[C@@H](CO)NC(=O)c1ccc2cnc(NC3CCCCC3)nc2c1. The molecule has 6 nitrogen and oxygen atoms in total. The summed E-state index contributed by atoms with van der Waals surface area (Å²) in [6.45, 7) is 1.87. The Bertz CT molecular complexity index is 724. The Balaban J connectivity index is 1.77. The summed E-state index contributed by atoms with van der Waals surface area (Å²) in [6, 6.07) is 5.61. The summed E-state index contributed by atoms with van der Waals surface area (Å²) < 4.78 is 0. The molecule has 3 N–H and O–H groups in total. The van der Waals surface area contributed by atoms with Crippen molar-refractivity contribution < 1.29 is 9.90 Å². The van der Waals surface area contributed by atoms with Crippen molar-refractivity contribution in [2.45, 2.75) is 57.5 Å². The average molecular weight is 342 g/mol. The number of nitrogens with zero attached hydrogens (tertiary/aromatic N) is 2. The molecule has 3 rings (SSSR count). The van der Waals surface area contributed by atoms with E-state index in [9.17, 15) is 9.90 Å². The third-order valence-corrected chi connectivity index (χ3v) is 4.83. The van der Waals surface area contributed by atoms with Crippen LogP contribution in [0.2, 0.25) is 0 Å². The molecule has 0 radical (unpaired) electrons. The number of carbonyl (C=O) groups is 1. The van der Waals surface area contributed by atoms with E-state index in [0.717, 1.165) is 23.7 Å². The molecule has 1 aliphatic carbocycles. The van der Waals surface area contributed by atoms with Gasteiger partial charge in [0.1, 0.15) is 0 Å². The predicted octanol–water partition coefficient (Wildman–Crippen LogP) is 2.88. The Morgan fingerprint density at radius 1 is 1.32 bits per heavy atom. The molecule has 6 heteroatoms. The van der Waals surface area contributed by atoms with Crippen LogP contribution in [0, 0.1) is 0 Å². The average Bonchev–Trinajstić information content (AvgIpc) is 2.66. The van der Waals surface area contributed by atoms with E-state index in [0.29, 0.717) is 24.0 Å². The molecule has 1 fully saturated rings. The van der Waals surface area contributed by atoms with Crippen LogP contribution in [0.4, 0.5) is 5.95 Å². The van der Waals surface area contributed by atoms with Gasteiger partial charge in [0.2, 0.25) is 5.95 Å². The van der Waals surface area contributed by atoms with Crippen LogP contribution in [0.3, 0.4) is 0 Å². The van der Waals surface area contributed by atoms with Gasteiger partial charge in [0.25, 0.3) is 5.91 Å². The fourth-order valence-corrected chi connectivity index (χ4v) is 3.21. The smallest absolute Gasteiger partial charge is 0.251 e. The van der Waals surface area contributed by atoms with Crippen molar-refractivity contribution in [2.75, 3.05) is 11.9 Å². The van der Waals surface area contributed by atoms with Crippen LogP contribution >= 0.6 is 0 Å². The van der Waals surface area contributed by atoms with Crippen molar-refractivity contribution in [3.63, 3.8) is 0 Å². The van der Waals surface area contributed by atoms with Crippen molar-refractivity contribution in [2.24, 2.45) is 0 Å². The van der Waals surface area contributed by atoms with Crippen LogP contribution in [0.5, 0.6) is 0 Å². The Kier molecular flexibility index (Phi) is 5.81. The number of hydrogen-bond donors (Lipinski definition) is 3. The van der Waals surface area contributed by atoms with Gasteiger partial charge in [-0.15, -0.1) is 0 Å². The number of amides is 1. The zero-order chi connectivity index (χ0) is 17.6. The lowest BCUT2D eigenvalue weighted by Crippen LogP contribution is -2.36. The zero-order valence-corrected chi connectivity index (χ0v) is 14.7. The molecule has 1 aromatic heterocycles. The van der Waals surface area contributed by atoms with Crippen molar-refractivity contribution in [1.82, 2.24) is 15.3 Å². The second kappa shape index (κ2) is 8.25. The first-order valence-corrected chi connectivity index (χ1v) is 9.14. The largest absolute Gasteiger partial charge is 0.394 e. The van der Waals surface area contributed by atoms with Crippen LogP contribution in [0.1, 0.15) is 55.8 Å². The summed E-state index contributed by atoms with van der Waals surface area (Å²) in [5.74, 6) is 0.432. The Morgan fingerprint density at radius 2 is 2.12 bits per heavy atom. The van der Waals surface area contributed by atoms with Gasteiger partial charge in [-0.2, -0.15) is 0 Å². The first-order chi connectivity index (χ1) is 12.2. The van der Waals surface area contributed by atoms with Crippen molar-refractivity contribution in [3.8, 4) is 0 Å². The van der Waals surface area contributed by atoms with E-state index in [1.54, 1.807) is 18.3 Å². The molecule has 134 valence electrons. The van der Waals surface area contributed by atoms with Gasteiger partial charge in [-0.25, -0.2) is 9.97 Å². The lowest BCUT2D eigenvalue weighted by atomic mass is 9.96. The molecular weight excluding hydrogens is 316 g/mol. The highest BCUT2D eigenvalue weighted by Gasteiger charge is 2.15. The van der Waals surface area contributed by atoms with Gasteiger partial charge in [-0.1, -0.05) is 32.3 Å².